The minimum Gasteiger partial charge on any atom is -0.467 e. The van der Waals surface area contributed by atoms with Crippen LogP contribution in [0.5, 0.6) is 0 Å². The van der Waals surface area contributed by atoms with Crippen molar-refractivity contribution in [2.75, 3.05) is 7.11 Å². The second kappa shape index (κ2) is 12.7. The molecule has 0 saturated carbocycles. The third-order valence-electron chi connectivity index (χ3n) is 4.59. The van der Waals surface area contributed by atoms with Crippen LogP contribution in [0.4, 0.5) is 4.79 Å². The van der Waals surface area contributed by atoms with Crippen LogP contribution in [0.2, 0.25) is 0 Å². The van der Waals surface area contributed by atoms with Crippen LogP contribution in [0.25, 0.3) is 0 Å². The van der Waals surface area contributed by atoms with Gasteiger partial charge in [0, 0.05) is 12.8 Å². The van der Waals surface area contributed by atoms with Gasteiger partial charge in [-0.3, -0.25) is 9.59 Å². The number of rotatable bonds is 11. The van der Waals surface area contributed by atoms with Crippen molar-refractivity contribution >= 4 is 23.9 Å². The Morgan fingerprint density at radius 2 is 1.47 bits per heavy atom. The molecule has 0 spiro atoms. The summed E-state index contributed by atoms with van der Waals surface area (Å²) in [5.41, 5.74) is 6.78. The number of alkyl carbamates (subject to hydrolysis) is 1. The second-order valence-electron chi connectivity index (χ2n) is 7.04. The molecule has 2 aromatic carbocycles. The summed E-state index contributed by atoms with van der Waals surface area (Å²) in [4.78, 5) is 48.5. The smallest absolute Gasteiger partial charge is 0.408 e. The number of carbonyl (C=O) groups excluding carboxylic acids is 4. The minimum absolute atomic E-state index is 0.00955. The molecular formula is C23H27N3O6. The number of nitrogens with two attached hydrogens (primary N) is 1. The summed E-state index contributed by atoms with van der Waals surface area (Å²) < 4.78 is 9.94. The molecule has 0 aromatic heterocycles. The topological polar surface area (TPSA) is 137 Å². The van der Waals surface area contributed by atoms with E-state index < -0.39 is 36.0 Å². The van der Waals surface area contributed by atoms with E-state index in [0.29, 0.717) is 0 Å². The van der Waals surface area contributed by atoms with Gasteiger partial charge in [0.2, 0.25) is 11.8 Å². The molecule has 0 radical (unpaired) electrons. The largest absolute Gasteiger partial charge is 0.467 e. The summed E-state index contributed by atoms with van der Waals surface area (Å²) in [6, 6.07) is 16.0. The first-order valence-corrected chi connectivity index (χ1v) is 10.1. The van der Waals surface area contributed by atoms with Gasteiger partial charge < -0.3 is 25.8 Å². The van der Waals surface area contributed by atoms with Crippen molar-refractivity contribution in [1.29, 1.82) is 0 Å². The maximum atomic E-state index is 12.8. The van der Waals surface area contributed by atoms with E-state index in [1.807, 2.05) is 36.4 Å². The first kappa shape index (κ1) is 24.4. The quantitative estimate of drug-likeness (QED) is 0.452. The van der Waals surface area contributed by atoms with Crippen LogP contribution in [0.1, 0.15) is 24.0 Å². The van der Waals surface area contributed by atoms with E-state index in [9.17, 15) is 19.2 Å². The van der Waals surface area contributed by atoms with Gasteiger partial charge in [-0.25, -0.2) is 9.59 Å². The molecule has 0 aliphatic heterocycles. The van der Waals surface area contributed by atoms with Gasteiger partial charge in [-0.15, -0.1) is 0 Å². The van der Waals surface area contributed by atoms with Crippen LogP contribution in [-0.4, -0.2) is 43.1 Å². The molecule has 0 fully saturated rings. The zero-order valence-electron chi connectivity index (χ0n) is 17.8. The van der Waals surface area contributed by atoms with Crippen LogP contribution < -0.4 is 16.4 Å². The van der Waals surface area contributed by atoms with Gasteiger partial charge >= 0.3 is 12.1 Å². The summed E-state index contributed by atoms with van der Waals surface area (Å²) >= 11 is 0. The lowest BCUT2D eigenvalue weighted by atomic mass is 10.0. The Kier molecular flexibility index (Phi) is 9.70. The van der Waals surface area contributed by atoms with Gasteiger partial charge in [0.25, 0.3) is 0 Å². The van der Waals surface area contributed by atoms with Gasteiger partial charge in [-0.1, -0.05) is 60.7 Å². The van der Waals surface area contributed by atoms with Crippen LogP contribution in [-0.2, 0) is 36.9 Å². The first-order chi connectivity index (χ1) is 15.4. The van der Waals surface area contributed by atoms with Crippen molar-refractivity contribution in [3.05, 3.63) is 71.8 Å². The first-order valence-electron chi connectivity index (χ1n) is 10.1. The summed E-state index contributed by atoms with van der Waals surface area (Å²) in [7, 11) is 1.22. The molecule has 2 rings (SSSR count). The Balaban J connectivity index is 2.03. The Bertz CT molecular complexity index is 904. The number of primary amides is 1. The fraction of sp³-hybridized carbons (Fsp3) is 0.304. The maximum Gasteiger partial charge on any atom is 0.408 e. The molecule has 4 N–H and O–H groups in total. The van der Waals surface area contributed by atoms with E-state index in [1.165, 1.54) is 7.11 Å². The molecule has 0 saturated heterocycles. The summed E-state index contributed by atoms with van der Waals surface area (Å²) in [5.74, 6) is -1.92. The molecule has 2 aromatic rings. The van der Waals surface area contributed by atoms with Gasteiger partial charge in [0.1, 0.15) is 18.7 Å². The SMILES string of the molecule is COC(=O)[C@H](Cc1ccccc1)NC(=O)[C@H](CCC(N)=O)NC(=O)OCc1ccccc1. The average molecular weight is 441 g/mol. The van der Waals surface area contributed by atoms with Crippen molar-refractivity contribution in [3.63, 3.8) is 0 Å². The lowest BCUT2D eigenvalue weighted by molar-refractivity contribution is -0.145. The maximum absolute atomic E-state index is 12.8. The average Bonchev–Trinajstić information content (AvgIpc) is 2.80. The monoisotopic (exact) mass is 441 g/mol. The summed E-state index contributed by atoms with van der Waals surface area (Å²) in [6.45, 7) is 0.00955. The number of carbonyl (C=O) groups is 4. The molecule has 0 heterocycles. The fourth-order valence-electron chi connectivity index (χ4n) is 2.92. The van der Waals surface area contributed by atoms with Gasteiger partial charge in [-0.05, 0) is 17.5 Å². The second-order valence-corrected chi connectivity index (χ2v) is 7.04. The van der Waals surface area contributed by atoms with Gasteiger partial charge in [0.05, 0.1) is 7.11 Å². The molecule has 0 unspecified atom stereocenters. The highest BCUT2D eigenvalue weighted by atomic mass is 16.5. The van der Waals surface area contributed by atoms with Crippen molar-refractivity contribution < 1.29 is 28.7 Å². The van der Waals surface area contributed by atoms with Gasteiger partial charge in [0.15, 0.2) is 0 Å². The minimum atomic E-state index is -1.13. The van der Waals surface area contributed by atoms with Crippen LogP contribution in [0.3, 0.4) is 0 Å². The fourth-order valence-corrected chi connectivity index (χ4v) is 2.92. The number of benzene rings is 2. The van der Waals surface area contributed by atoms with E-state index >= 15 is 0 Å². The molecule has 0 bridgehead atoms. The number of esters is 1. The summed E-state index contributed by atoms with van der Waals surface area (Å²) in [6.07, 6.45) is -0.837. The predicted octanol–water partition coefficient (Wildman–Crippen LogP) is 1.45. The van der Waals surface area contributed by atoms with E-state index in [0.717, 1.165) is 11.1 Å². The van der Waals surface area contributed by atoms with Crippen molar-refractivity contribution in [2.24, 2.45) is 5.73 Å². The number of hydrogen-bond donors (Lipinski definition) is 3. The van der Waals surface area contributed by atoms with E-state index in [1.54, 1.807) is 24.3 Å². The van der Waals surface area contributed by atoms with Crippen LogP contribution in [0, 0.1) is 0 Å². The van der Waals surface area contributed by atoms with Crippen molar-refractivity contribution in [1.82, 2.24) is 10.6 Å². The molecule has 9 heteroatoms. The highest BCUT2D eigenvalue weighted by molar-refractivity contribution is 5.90. The van der Waals surface area contributed by atoms with E-state index in [4.69, 9.17) is 15.2 Å². The van der Waals surface area contributed by atoms with E-state index in [-0.39, 0.29) is 25.9 Å². The highest BCUT2D eigenvalue weighted by Crippen LogP contribution is 2.07. The lowest BCUT2D eigenvalue weighted by Gasteiger charge is -2.22. The molecule has 170 valence electrons. The third-order valence-corrected chi connectivity index (χ3v) is 4.59. The lowest BCUT2D eigenvalue weighted by Crippen LogP contribution is -2.52. The number of ether oxygens (including phenoxy) is 2. The molecule has 32 heavy (non-hydrogen) atoms. The predicted molar refractivity (Wildman–Crippen MR) is 116 cm³/mol. The van der Waals surface area contributed by atoms with Crippen LogP contribution in [0.15, 0.2) is 60.7 Å². The Hall–Kier alpha value is -3.88. The Morgan fingerprint density at radius 1 is 0.875 bits per heavy atom. The molecular weight excluding hydrogens is 414 g/mol. The Labute approximate surface area is 186 Å². The molecule has 9 nitrogen and oxygen atoms in total. The standard InChI is InChI=1S/C23H27N3O6/c1-31-22(29)19(14-16-8-4-2-5-9-16)25-21(28)18(12-13-20(24)27)26-23(30)32-15-17-10-6-3-7-11-17/h2-11,18-19H,12-15H2,1H3,(H2,24,27)(H,25,28)(H,26,30)/t18-,19-/m0/s1. The number of nitrogens with one attached hydrogen (secondary N) is 2. The molecule has 0 aliphatic carbocycles. The van der Waals surface area contributed by atoms with Crippen LogP contribution >= 0.6 is 0 Å². The zero-order chi connectivity index (χ0) is 23.3. The number of hydrogen-bond acceptors (Lipinski definition) is 6. The third kappa shape index (κ3) is 8.47. The van der Waals surface area contributed by atoms with Crippen molar-refractivity contribution in [2.45, 2.75) is 38.0 Å². The molecule has 0 aliphatic rings. The van der Waals surface area contributed by atoms with Crippen molar-refractivity contribution in [3.8, 4) is 0 Å². The van der Waals surface area contributed by atoms with Gasteiger partial charge in [-0.2, -0.15) is 0 Å². The summed E-state index contributed by atoms with van der Waals surface area (Å²) in [5, 5.41) is 5.02. The number of methoxy groups -OCH3 is 1. The highest BCUT2D eigenvalue weighted by Gasteiger charge is 2.28. The zero-order valence-corrected chi connectivity index (χ0v) is 17.8. The van der Waals surface area contributed by atoms with E-state index in [2.05, 4.69) is 10.6 Å². The molecule has 2 atom stereocenters. The normalized spacial score (nSPS) is 12.2. The number of amides is 3. The Morgan fingerprint density at radius 3 is 2.03 bits per heavy atom. The molecule has 3 amide bonds.